The second kappa shape index (κ2) is 9.92. The van der Waals surface area contributed by atoms with E-state index in [4.69, 9.17) is 9.47 Å². The van der Waals surface area contributed by atoms with Gasteiger partial charge in [0.15, 0.2) is 5.96 Å². The van der Waals surface area contributed by atoms with Crippen molar-refractivity contribution in [2.24, 2.45) is 4.99 Å². The van der Waals surface area contributed by atoms with Crippen molar-refractivity contribution >= 4 is 29.9 Å². The quantitative estimate of drug-likeness (QED) is 0.311. The standard InChI is InChI=1S/C16H24FN3O2.HI/c1-16(7-4-9-22-16)12-20-15(18-2)19-8-10-21-14-6-3-5-13(17)11-14;/h3,5-6,11H,4,7-10,12H2,1-2H3,(H2,18,19,20);1H. The lowest BCUT2D eigenvalue weighted by atomic mass is 10.0. The largest absolute Gasteiger partial charge is 0.492 e. The molecule has 0 amide bonds. The Kier molecular flexibility index (Phi) is 8.60. The molecule has 5 nitrogen and oxygen atoms in total. The van der Waals surface area contributed by atoms with Crippen LogP contribution in [0.1, 0.15) is 19.8 Å². The first kappa shape index (κ1) is 20.0. The molecule has 1 unspecified atom stereocenters. The Bertz CT molecular complexity index is 508. The van der Waals surface area contributed by atoms with Gasteiger partial charge < -0.3 is 20.1 Å². The van der Waals surface area contributed by atoms with E-state index in [1.54, 1.807) is 19.2 Å². The second-order valence-corrected chi connectivity index (χ2v) is 5.56. The van der Waals surface area contributed by atoms with E-state index in [1.807, 2.05) is 0 Å². The molecular formula is C16H25FIN3O2. The van der Waals surface area contributed by atoms with Crippen LogP contribution in [0.15, 0.2) is 29.3 Å². The Hall–Kier alpha value is -1.09. The van der Waals surface area contributed by atoms with Crippen molar-refractivity contribution in [2.45, 2.75) is 25.4 Å². The molecule has 0 aliphatic carbocycles. The third kappa shape index (κ3) is 6.90. The summed E-state index contributed by atoms with van der Waals surface area (Å²) < 4.78 is 24.2. The maximum Gasteiger partial charge on any atom is 0.191 e. The monoisotopic (exact) mass is 437 g/mol. The van der Waals surface area contributed by atoms with Crippen molar-refractivity contribution in [3.63, 3.8) is 0 Å². The number of nitrogens with one attached hydrogen (secondary N) is 2. The maximum absolute atomic E-state index is 13.0. The fourth-order valence-electron chi connectivity index (χ4n) is 2.36. The molecule has 0 spiro atoms. The van der Waals surface area contributed by atoms with Crippen LogP contribution in [0.25, 0.3) is 0 Å². The van der Waals surface area contributed by atoms with Gasteiger partial charge in [0.25, 0.3) is 0 Å². The highest BCUT2D eigenvalue weighted by atomic mass is 127. The van der Waals surface area contributed by atoms with Gasteiger partial charge in [-0.05, 0) is 31.9 Å². The van der Waals surface area contributed by atoms with Crippen LogP contribution in [-0.2, 0) is 4.74 Å². The molecule has 130 valence electrons. The highest BCUT2D eigenvalue weighted by Gasteiger charge is 2.29. The third-order valence-electron chi connectivity index (χ3n) is 3.61. The van der Waals surface area contributed by atoms with E-state index in [0.717, 1.165) is 26.0 Å². The summed E-state index contributed by atoms with van der Waals surface area (Å²) in [4.78, 5) is 4.16. The topological polar surface area (TPSA) is 54.9 Å². The highest BCUT2D eigenvalue weighted by molar-refractivity contribution is 14.0. The number of benzene rings is 1. The number of hydrogen-bond donors (Lipinski definition) is 2. The number of rotatable bonds is 6. The van der Waals surface area contributed by atoms with Crippen LogP contribution >= 0.6 is 24.0 Å². The highest BCUT2D eigenvalue weighted by Crippen LogP contribution is 2.23. The smallest absolute Gasteiger partial charge is 0.191 e. The van der Waals surface area contributed by atoms with Crippen molar-refractivity contribution < 1.29 is 13.9 Å². The molecule has 0 saturated carbocycles. The molecular weight excluding hydrogens is 412 g/mol. The molecule has 7 heteroatoms. The van der Waals surface area contributed by atoms with Crippen LogP contribution in [0.5, 0.6) is 5.75 Å². The Labute approximate surface area is 154 Å². The van der Waals surface area contributed by atoms with Gasteiger partial charge in [0.05, 0.1) is 12.1 Å². The molecule has 1 saturated heterocycles. The Balaban J connectivity index is 0.00000264. The van der Waals surface area contributed by atoms with Gasteiger partial charge in [0.2, 0.25) is 0 Å². The summed E-state index contributed by atoms with van der Waals surface area (Å²) >= 11 is 0. The zero-order valence-corrected chi connectivity index (χ0v) is 15.9. The third-order valence-corrected chi connectivity index (χ3v) is 3.61. The lowest BCUT2D eigenvalue weighted by Gasteiger charge is -2.24. The van der Waals surface area contributed by atoms with E-state index in [2.05, 4.69) is 22.5 Å². The zero-order chi connectivity index (χ0) is 15.8. The van der Waals surface area contributed by atoms with Crippen molar-refractivity contribution in [3.05, 3.63) is 30.1 Å². The summed E-state index contributed by atoms with van der Waals surface area (Å²) in [6.45, 7) is 4.65. The molecule has 0 aromatic heterocycles. The van der Waals surface area contributed by atoms with E-state index >= 15 is 0 Å². The van der Waals surface area contributed by atoms with Crippen LogP contribution in [0.2, 0.25) is 0 Å². The zero-order valence-electron chi connectivity index (χ0n) is 13.6. The Morgan fingerprint density at radius 1 is 1.43 bits per heavy atom. The molecule has 1 heterocycles. The lowest BCUT2D eigenvalue weighted by molar-refractivity contribution is 0.0243. The minimum absolute atomic E-state index is 0. The van der Waals surface area contributed by atoms with E-state index in [9.17, 15) is 4.39 Å². The summed E-state index contributed by atoms with van der Waals surface area (Å²) in [5.41, 5.74) is -0.115. The minimum atomic E-state index is -0.298. The van der Waals surface area contributed by atoms with Crippen LogP contribution < -0.4 is 15.4 Å². The number of aliphatic imine (C=N–C) groups is 1. The van der Waals surface area contributed by atoms with Crippen molar-refractivity contribution in [1.82, 2.24) is 10.6 Å². The molecule has 1 atom stereocenters. The molecule has 1 aliphatic heterocycles. The maximum atomic E-state index is 13.0. The van der Waals surface area contributed by atoms with Crippen LogP contribution in [0.4, 0.5) is 4.39 Å². The van der Waals surface area contributed by atoms with Crippen LogP contribution in [-0.4, -0.2) is 44.9 Å². The molecule has 2 rings (SSSR count). The molecule has 1 aromatic carbocycles. The van der Waals surface area contributed by atoms with Crippen LogP contribution in [0, 0.1) is 5.82 Å². The molecule has 1 aromatic rings. The average molecular weight is 437 g/mol. The van der Waals surface area contributed by atoms with E-state index < -0.39 is 0 Å². The summed E-state index contributed by atoms with van der Waals surface area (Å²) in [7, 11) is 1.72. The summed E-state index contributed by atoms with van der Waals surface area (Å²) in [6.07, 6.45) is 2.16. The first-order chi connectivity index (χ1) is 10.6. The first-order valence-corrected chi connectivity index (χ1v) is 7.58. The SMILES string of the molecule is CN=C(NCCOc1cccc(F)c1)NCC1(C)CCCO1.I. The average Bonchev–Trinajstić information content (AvgIpc) is 2.94. The molecule has 2 N–H and O–H groups in total. The van der Waals surface area contributed by atoms with Crippen LogP contribution in [0.3, 0.4) is 0 Å². The van der Waals surface area contributed by atoms with Gasteiger partial charge in [-0.1, -0.05) is 6.07 Å². The van der Waals surface area contributed by atoms with Crippen molar-refractivity contribution in [2.75, 3.05) is 33.4 Å². The number of ether oxygens (including phenoxy) is 2. The Morgan fingerprint density at radius 3 is 2.91 bits per heavy atom. The van der Waals surface area contributed by atoms with Crippen molar-refractivity contribution in [3.8, 4) is 5.75 Å². The predicted molar refractivity (Wildman–Crippen MR) is 100 cm³/mol. The molecule has 23 heavy (non-hydrogen) atoms. The lowest BCUT2D eigenvalue weighted by Crippen LogP contribution is -2.46. The predicted octanol–water partition coefficient (Wildman–Crippen LogP) is 2.56. The molecule has 1 fully saturated rings. The van der Waals surface area contributed by atoms with Crippen molar-refractivity contribution in [1.29, 1.82) is 0 Å². The van der Waals surface area contributed by atoms with Gasteiger partial charge in [0, 0.05) is 26.3 Å². The number of hydrogen-bond acceptors (Lipinski definition) is 3. The van der Waals surface area contributed by atoms with Gasteiger partial charge in [-0.3, -0.25) is 4.99 Å². The number of guanidine groups is 1. The van der Waals surface area contributed by atoms with E-state index in [0.29, 0.717) is 24.9 Å². The van der Waals surface area contributed by atoms with Gasteiger partial charge in [-0.15, -0.1) is 24.0 Å². The second-order valence-electron chi connectivity index (χ2n) is 5.56. The van der Waals surface area contributed by atoms with Gasteiger partial charge in [-0.25, -0.2) is 4.39 Å². The fraction of sp³-hybridized carbons (Fsp3) is 0.562. The summed E-state index contributed by atoms with van der Waals surface area (Å²) in [6, 6.07) is 6.11. The fourth-order valence-corrected chi connectivity index (χ4v) is 2.36. The summed E-state index contributed by atoms with van der Waals surface area (Å²) in [5.74, 6) is 0.934. The first-order valence-electron chi connectivity index (χ1n) is 7.58. The van der Waals surface area contributed by atoms with E-state index in [-0.39, 0.29) is 35.4 Å². The van der Waals surface area contributed by atoms with E-state index in [1.165, 1.54) is 12.1 Å². The number of nitrogens with zero attached hydrogens (tertiary/aromatic N) is 1. The summed E-state index contributed by atoms with van der Waals surface area (Å²) in [5, 5.41) is 6.42. The molecule has 0 bridgehead atoms. The number of halogens is 2. The normalized spacial score (nSPS) is 20.7. The Morgan fingerprint density at radius 2 is 2.26 bits per heavy atom. The molecule has 0 radical (unpaired) electrons. The van der Waals surface area contributed by atoms with Gasteiger partial charge >= 0.3 is 0 Å². The van der Waals surface area contributed by atoms with Gasteiger partial charge in [0.1, 0.15) is 18.2 Å². The van der Waals surface area contributed by atoms with Gasteiger partial charge in [-0.2, -0.15) is 0 Å². The molecule has 1 aliphatic rings. The minimum Gasteiger partial charge on any atom is -0.492 e.